The molecule has 10 nitrogen and oxygen atoms in total. The number of nitrogens with one attached hydrogen (secondary N) is 1. The molecule has 1 aliphatic carbocycles. The van der Waals surface area contributed by atoms with Crippen LogP contribution in [-0.2, 0) is 18.1 Å². The van der Waals surface area contributed by atoms with E-state index in [9.17, 15) is 13.6 Å². The first-order valence-electron chi connectivity index (χ1n) is 12.3. The van der Waals surface area contributed by atoms with E-state index in [1.54, 1.807) is 30.8 Å². The maximum atomic E-state index is 11.9. The summed E-state index contributed by atoms with van der Waals surface area (Å²) in [7, 11) is 1.62. The van der Waals surface area contributed by atoms with E-state index in [2.05, 4.69) is 20.5 Å². The van der Waals surface area contributed by atoms with Crippen molar-refractivity contribution in [2.24, 2.45) is 13.0 Å². The van der Waals surface area contributed by atoms with E-state index in [-0.39, 0.29) is 23.3 Å². The van der Waals surface area contributed by atoms with Crippen molar-refractivity contribution in [1.82, 2.24) is 24.4 Å². The van der Waals surface area contributed by atoms with Crippen molar-refractivity contribution in [3.8, 4) is 16.9 Å². The lowest BCUT2D eigenvalue weighted by atomic mass is 9.88. The number of pyridine rings is 2. The third kappa shape index (κ3) is 5.72. The van der Waals surface area contributed by atoms with Crippen LogP contribution in [0.15, 0.2) is 47.5 Å². The zero-order valence-corrected chi connectivity index (χ0v) is 21.8. The van der Waals surface area contributed by atoms with Crippen LogP contribution in [0.25, 0.3) is 16.6 Å². The highest BCUT2D eigenvalue weighted by Crippen LogP contribution is 2.35. The van der Waals surface area contributed by atoms with Gasteiger partial charge in [-0.2, -0.15) is 10.2 Å². The fraction of sp³-hybridized carbons (Fsp3) is 0.385. The Balaban J connectivity index is 1.37. The topological polar surface area (TPSA) is 126 Å². The Morgan fingerprint density at radius 3 is 2.59 bits per heavy atom. The van der Waals surface area contributed by atoms with Gasteiger partial charge in [0.15, 0.2) is 11.6 Å². The van der Waals surface area contributed by atoms with E-state index < -0.39 is 11.1 Å². The van der Waals surface area contributed by atoms with Crippen LogP contribution in [0.2, 0.25) is 0 Å². The lowest BCUT2D eigenvalue weighted by Gasteiger charge is -2.30. The minimum absolute atomic E-state index is 0.0342. The van der Waals surface area contributed by atoms with E-state index in [0.717, 1.165) is 48.0 Å². The average molecular weight is 522 g/mol. The second-order valence-corrected chi connectivity index (χ2v) is 10.6. The number of nitrogens with zero attached hydrogens (tertiary/aromatic N) is 5. The van der Waals surface area contributed by atoms with Gasteiger partial charge in [-0.15, -0.1) is 0 Å². The normalized spacial score (nSPS) is 18.6. The lowest BCUT2D eigenvalue weighted by Crippen LogP contribution is -2.26. The van der Waals surface area contributed by atoms with Gasteiger partial charge in [0.25, 0.3) is 5.56 Å². The molecule has 0 amide bonds. The predicted molar refractivity (Wildman–Crippen MR) is 141 cm³/mol. The second kappa shape index (κ2) is 10.4. The van der Waals surface area contributed by atoms with Crippen LogP contribution in [0.1, 0.15) is 36.9 Å². The lowest BCUT2D eigenvalue weighted by molar-refractivity contribution is 0.136. The molecule has 5 rings (SSSR count). The summed E-state index contributed by atoms with van der Waals surface area (Å²) in [6, 6.07) is 9.66. The van der Waals surface area contributed by atoms with Crippen molar-refractivity contribution in [2.45, 2.75) is 45.6 Å². The SMILES string of the molecule is Cc1cc(-c2ccn3nc(Nc4cc(C)c(=O)n(C)n4)cc3c2)c(OC2CCC(CS(=O)[O-])CC2)cn1. The summed E-state index contributed by atoms with van der Waals surface area (Å²) in [5, 5.41) is 12.0. The summed E-state index contributed by atoms with van der Waals surface area (Å²) in [6.45, 7) is 3.70. The summed E-state index contributed by atoms with van der Waals surface area (Å²) in [4.78, 5) is 16.4. The molecule has 4 aromatic rings. The van der Waals surface area contributed by atoms with Crippen LogP contribution in [0.5, 0.6) is 5.75 Å². The number of rotatable bonds is 7. The van der Waals surface area contributed by atoms with E-state index in [4.69, 9.17) is 4.74 Å². The number of hydrogen-bond acceptors (Lipinski definition) is 8. The summed E-state index contributed by atoms with van der Waals surface area (Å²) in [5.74, 6) is 2.31. The molecule has 0 saturated heterocycles. The van der Waals surface area contributed by atoms with Gasteiger partial charge in [-0.05, 0) is 75.3 Å². The molecule has 0 radical (unpaired) electrons. The van der Waals surface area contributed by atoms with Crippen LogP contribution >= 0.6 is 0 Å². The van der Waals surface area contributed by atoms with Crippen molar-refractivity contribution in [3.63, 3.8) is 0 Å². The molecule has 37 heavy (non-hydrogen) atoms. The highest BCUT2D eigenvalue weighted by atomic mass is 32.2. The van der Waals surface area contributed by atoms with E-state index in [0.29, 0.717) is 22.9 Å². The quantitative estimate of drug-likeness (QED) is 0.365. The molecule has 11 heteroatoms. The van der Waals surface area contributed by atoms with Gasteiger partial charge in [0, 0.05) is 41.9 Å². The summed E-state index contributed by atoms with van der Waals surface area (Å²) in [6.07, 6.45) is 7.03. The van der Waals surface area contributed by atoms with Crippen LogP contribution in [-0.4, -0.2) is 45.0 Å². The van der Waals surface area contributed by atoms with Crippen LogP contribution in [0.3, 0.4) is 0 Å². The minimum Gasteiger partial charge on any atom is -0.772 e. The summed E-state index contributed by atoms with van der Waals surface area (Å²) < 4.78 is 31.5. The Hall–Kier alpha value is -3.57. The number of aryl methyl sites for hydroxylation is 3. The molecule has 1 saturated carbocycles. The van der Waals surface area contributed by atoms with Crippen molar-refractivity contribution in [3.05, 3.63) is 64.3 Å². The molecule has 4 heterocycles. The van der Waals surface area contributed by atoms with Crippen molar-refractivity contribution in [2.75, 3.05) is 11.1 Å². The monoisotopic (exact) mass is 521 g/mol. The molecular formula is C26H29N6O4S-. The Bertz CT molecular complexity index is 1500. The molecule has 1 atom stereocenters. The third-order valence-electron chi connectivity index (χ3n) is 6.74. The standard InChI is InChI=1S/C26H30N6O4S/c1-16-10-24(29-31(3)26(16)33)28-25-13-20-12-19(8-9-32(20)30-25)22-11-17(2)27-14-23(22)36-21-6-4-18(5-7-21)15-37(34)35/h8-14,18,21H,4-7,15H2,1-3H3,(H,34,35)(H,28,29,30)/p-1. The van der Waals surface area contributed by atoms with Gasteiger partial charge in [-0.1, -0.05) is 11.1 Å². The Morgan fingerprint density at radius 1 is 1.11 bits per heavy atom. The molecule has 1 aliphatic rings. The molecule has 0 bridgehead atoms. The first-order valence-corrected chi connectivity index (χ1v) is 13.5. The Labute approximate surface area is 217 Å². The molecule has 1 N–H and O–H groups in total. The zero-order chi connectivity index (χ0) is 26.1. The van der Waals surface area contributed by atoms with Crippen molar-refractivity contribution < 1.29 is 13.5 Å². The average Bonchev–Trinajstić information content (AvgIpc) is 3.26. The van der Waals surface area contributed by atoms with Gasteiger partial charge < -0.3 is 14.6 Å². The maximum absolute atomic E-state index is 11.9. The fourth-order valence-corrected chi connectivity index (χ4v) is 5.55. The fourth-order valence-electron chi connectivity index (χ4n) is 4.83. The van der Waals surface area contributed by atoms with Crippen molar-refractivity contribution in [1.29, 1.82) is 0 Å². The molecule has 1 fully saturated rings. The van der Waals surface area contributed by atoms with Crippen LogP contribution in [0, 0.1) is 19.8 Å². The number of ether oxygens (including phenoxy) is 1. The van der Waals surface area contributed by atoms with Gasteiger partial charge in [0.05, 0.1) is 17.8 Å². The number of aromatic nitrogens is 5. The van der Waals surface area contributed by atoms with Gasteiger partial charge in [0.1, 0.15) is 5.75 Å². The van der Waals surface area contributed by atoms with Crippen molar-refractivity contribution >= 4 is 28.2 Å². The molecule has 0 aliphatic heterocycles. The molecular weight excluding hydrogens is 492 g/mol. The molecule has 0 spiro atoms. The van der Waals surface area contributed by atoms with Gasteiger partial charge in [-0.3, -0.25) is 14.0 Å². The largest absolute Gasteiger partial charge is 0.772 e. The molecule has 194 valence electrons. The minimum atomic E-state index is -2.00. The number of hydrogen-bond donors (Lipinski definition) is 1. The van der Waals surface area contributed by atoms with E-state index >= 15 is 0 Å². The first-order chi connectivity index (χ1) is 17.7. The Kier molecular flexibility index (Phi) is 7.07. The summed E-state index contributed by atoms with van der Waals surface area (Å²) in [5.41, 5.74) is 4.15. The second-order valence-electron chi connectivity index (χ2n) is 9.63. The van der Waals surface area contributed by atoms with E-state index in [1.165, 1.54) is 4.68 Å². The third-order valence-corrected chi connectivity index (χ3v) is 7.48. The van der Waals surface area contributed by atoms with E-state index in [1.807, 2.05) is 37.4 Å². The smallest absolute Gasteiger partial charge is 0.269 e. The maximum Gasteiger partial charge on any atom is 0.269 e. The molecule has 0 aromatic carbocycles. The summed E-state index contributed by atoms with van der Waals surface area (Å²) >= 11 is -2.00. The Morgan fingerprint density at radius 2 is 1.86 bits per heavy atom. The van der Waals surface area contributed by atoms with Gasteiger partial charge >= 0.3 is 0 Å². The first kappa shape index (κ1) is 25.1. The molecule has 1 unspecified atom stereocenters. The van der Waals surface area contributed by atoms with Gasteiger partial charge in [-0.25, -0.2) is 9.20 Å². The predicted octanol–water partition coefficient (Wildman–Crippen LogP) is 3.67. The zero-order valence-electron chi connectivity index (χ0n) is 21.0. The van der Waals surface area contributed by atoms with Crippen LogP contribution < -0.4 is 15.6 Å². The number of fused-ring (bicyclic) bond motifs is 1. The van der Waals surface area contributed by atoms with Gasteiger partial charge in [0.2, 0.25) is 0 Å². The number of anilines is 2. The van der Waals surface area contributed by atoms with Crippen LogP contribution in [0.4, 0.5) is 11.6 Å². The highest BCUT2D eigenvalue weighted by molar-refractivity contribution is 7.79. The molecule has 4 aromatic heterocycles. The highest BCUT2D eigenvalue weighted by Gasteiger charge is 2.23.